The van der Waals surface area contributed by atoms with E-state index in [2.05, 4.69) is 0 Å². The Morgan fingerprint density at radius 1 is 0.792 bits per heavy atom. The molecule has 0 amide bonds. The number of carbonyl (C=O) groups is 1. The molecule has 0 aromatic heterocycles. The SMILES string of the molecule is O=C(/C=C/c1ccc(O)c(O)c1)CC/C=C/c1ccc(O)c(O)c1. The van der Waals surface area contributed by atoms with Crippen LogP contribution in [-0.4, -0.2) is 26.2 Å². The van der Waals surface area contributed by atoms with E-state index < -0.39 is 0 Å². The van der Waals surface area contributed by atoms with Gasteiger partial charge in [-0.05, 0) is 47.9 Å². The van der Waals surface area contributed by atoms with Crippen LogP contribution >= 0.6 is 0 Å². The van der Waals surface area contributed by atoms with Crippen LogP contribution in [0.5, 0.6) is 23.0 Å². The smallest absolute Gasteiger partial charge is 0.157 e. The topological polar surface area (TPSA) is 98.0 Å². The van der Waals surface area contributed by atoms with Gasteiger partial charge in [-0.15, -0.1) is 0 Å². The summed E-state index contributed by atoms with van der Waals surface area (Å²) < 4.78 is 0. The minimum Gasteiger partial charge on any atom is -0.504 e. The van der Waals surface area contributed by atoms with Gasteiger partial charge in [0.15, 0.2) is 28.8 Å². The average molecular weight is 326 g/mol. The largest absolute Gasteiger partial charge is 0.504 e. The number of phenolic OH excluding ortho intramolecular Hbond substituents is 4. The first kappa shape index (κ1) is 17.1. The van der Waals surface area contributed by atoms with Crippen LogP contribution in [0.25, 0.3) is 12.2 Å². The van der Waals surface area contributed by atoms with Gasteiger partial charge in [0.1, 0.15) is 0 Å². The normalized spacial score (nSPS) is 11.3. The van der Waals surface area contributed by atoms with E-state index in [0.717, 1.165) is 5.56 Å². The Morgan fingerprint density at radius 3 is 1.88 bits per heavy atom. The third-order valence-electron chi connectivity index (χ3n) is 3.33. The minimum absolute atomic E-state index is 0.0687. The van der Waals surface area contributed by atoms with Crippen LogP contribution in [0, 0.1) is 0 Å². The molecule has 0 fully saturated rings. The number of rotatable bonds is 6. The molecule has 2 rings (SSSR count). The molecule has 0 aliphatic heterocycles. The average Bonchev–Trinajstić information content (AvgIpc) is 2.56. The van der Waals surface area contributed by atoms with Gasteiger partial charge in [0.25, 0.3) is 0 Å². The molecule has 2 aromatic rings. The second-order valence-electron chi connectivity index (χ2n) is 5.24. The highest BCUT2D eigenvalue weighted by molar-refractivity contribution is 5.93. The van der Waals surface area contributed by atoms with Gasteiger partial charge in [0.05, 0.1) is 0 Å². The van der Waals surface area contributed by atoms with Gasteiger partial charge < -0.3 is 20.4 Å². The molecule has 124 valence electrons. The van der Waals surface area contributed by atoms with Gasteiger partial charge in [-0.25, -0.2) is 0 Å². The number of phenols is 4. The number of ketones is 1. The summed E-state index contributed by atoms with van der Waals surface area (Å²) in [6, 6.07) is 8.81. The second-order valence-corrected chi connectivity index (χ2v) is 5.24. The number of hydrogen-bond donors (Lipinski definition) is 4. The van der Waals surface area contributed by atoms with E-state index >= 15 is 0 Å². The molecule has 0 aliphatic rings. The van der Waals surface area contributed by atoms with Gasteiger partial charge in [-0.2, -0.15) is 0 Å². The fourth-order valence-corrected chi connectivity index (χ4v) is 2.01. The molecule has 0 spiro atoms. The maximum Gasteiger partial charge on any atom is 0.157 e. The summed E-state index contributed by atoms with van der Waals surface area (Å²) in [5.74, 6) is -0.865. The zero-order chi connectivity index (χ0) is 17.5. The maximum atomic E-state index is 11.8. The molecule has 5 nitrogen and oxygen atoms in total. The molecule has 0 heterocycles. The summed E-state index contributed by atoms with van der Waals surface area (Å²) >= 11 is 0. The lowest BCUT2D eigenvalue weighted by molar-refractivity contribution is -0.114. The molecule has 0 unspecified atom stereocenters. The Labute approximate surface area is 139 Å². The molecule has 0 saturated heterocycles. The lowest BCUT2D eigenvalue weighted by Crippen LogP contribution is -1.90. The highest BCUT2D eigenvalue weighted by atomic mass is 16.3. The Bertz CT molecular complexity index is 790. The summed E-state index contributed by atoms with van der Waals surface area (Å²) in [7, 11) is 0. The van der Waals surface area contributed by atoms with Gasteiger partial charge in [-0.3, -0.25) is 4.79 Å². The molecular weight excluding hydrogens is 308 g/mol. The first-order chi connectivity index (χ1) is 11.5. The number of benzene rings is 2. The summed E-state index contributed by atoms with van der Waals surface area (Å²) in [5, 5.41) is 37.2. The summed E-state index contributed by atoms with van der Waals surface area (Å²) in [4.78, 5) is 11.8. The first-order valence-corrected chi connectivity index (χ1v) is 7.37. The number of aromatic hydroxyl groups is 4. The third-order valence-corrected chi connectivity index (χ3v) is 3.33. The molecule has 0 saturated carbocycles. The molecule has 0 bridgehead atoms. The zero-order valence-electron chi connectivity index (χ0n) is 12.9. The van der Waals surface area contributed by atoms with Crippen molar-refractivity contribution in [3.05, 3.63) is 59.7 Å². The van der Waals surface area contributed by atoms with Crippen LogP contribution in [-0.2, 0) is 4.79 Å². The summed E-state index contributed by atoms with van der Waals surface area (Å²) in [6.45, 7) is 0. The van der Waals surface area contributed by atoms with Crippen molar-refractivity contribution in [2.24, 2.45) is 0 Å². The van der Waals surface area contributed by atoms with Crippen molar-refractivity contribution in [2.75, 3.05) is 0 Å². The van der Waals surface area contributed by atoms with Crippen molar-refractivity contribution in [3.63, 3.8) is 0 Å². The highest BCUT2D eigenvalue weighted by Crippen LogP contribution is 2.26. The molecule has 2 aromatic carbocycles. The van der Waals surface area contributed by atoms with E-state index in [0.29, 0.717) is 18.4 Å². The quantitative estimate of drug-likeness (QED) is 0.480. The summed E-state index contributed by atoms with van der Waals surface area (Å²) in [5.41, 5.74) is 1.35. The van der Waals surface area contributed by atoms with Crippen LogP contribution in [0.15, 0.2) is 48.6 Å². The molecule has 24 heavy (non-hydrogen) atoms. The van der Waals surface area contributed by atoms with E-state index in [4.69, 9.17) is 0 Å². The van der Waals surface area contributed by atoms with Crippen LogP contribution in [0.1, 0.15) is 24.0 Å². The van der Waals surface area contributed by atoms with Crippen molar-refractivity contribution < 1.29 is 25.2 Å². The van der Waals surface area contributed by atoms with Gasteiger partial charge in [0.2, 0.25) is 0 Å². The van der Waals surface area contributed by atoms with Gasteiger partial charge in [-0.1, -0.05) is 30.4 Å². The van der Waals surface area contributed by atoms with Crippen LogP contribution in [0.2, 0.25) is 0 Å². The van der Waals surface area contributed by atoms with Crippen molar-refractivity contribution in [3.8, 4) is 23.0 Å². The molecule has 5 heteroatoms. The molecular formula is C19H18O5. The molecule has 0 aliphatic carbocycles. The zero-order valence-corrected chi connectivity index (χ0v) is 12.9. The molecule has 0 atom stereocenters. The molecule has 0 radical (unpaired) electrons. The second kappa shape index (κ2) is 7.87. The predicted octanol–water partition coefficient (Wildman–Crippen LogP) is 3.58. The Morgan fingerprint density at radius 2 is 1.33 bits per heavy atom. The summed E-state index contributed by atoms with van der Waals surface area (Å²) in [6.07, 6.45) is 7.42. The monoisotopic (exact) mass is 326 g/mol. The van der Waals surface area contributed by atoms with E-state index in [-0.39, 0.29) is 28.8 Å². The van der Waals surface area contributed by atoms with Crippen LogP contribution < -0.4 is 0 Å². The lowest BCUT2D eigenvalue weighted by Gasteiger charge is -1.99. The minimum atomic E-state index is -0.232. The van der Waals surface area contributed by atoms with E-state index in [1.54, 1.807) is 24.3 Å². The lowest BCUT2D eigenvalue weighted by atomic mass is 10.1. The Kier molecular flexibility index (Phi) is 5.63. The number of allylic oxidation sites excluding steroid dienone is 2. The molecule has 4 N–H and O–H groups in total. The van der Waals surface area contributed by atoms with Crippen molar-refractivity contribution in [1.82, 2.24) is 0 Å². The highest BCUT2D eigenvalue weighted by Gasteiger charge is 2.00. The van der Waals surface area contributed by atoms with Crippen LogP contribution in [0.3, 0.4) is 0 Å². The standard InChI is InChI=1S/C19H18O5/c20-15(8-5-14-7-10-17(22)19(24)12-14)4-2-1-3-13-6-9-16(21)18(23)11-13/h1,3,5-12,21-24H,2,4H2/b3-1+,8-5+. The van der Waals surface area contributed by atoms with Crippen molar-refractivity contribution in [2.45, 2.75) is 12.8 Å². The first-order valence-electron chi connectivity index (χ1n) is 7.37. The van der Waals surface area contributed by atoms with Crippen LogP contribution in [0.4, 0.5) is 0 Å². The van der Waals surface area contributed by atoms with Gasteiger partial charge in [0, 0.05) is 6.42 Å². The van der Waals surface area contributed by atoms with Crippen molar-refractivity contribution in [1.29, 1.82) is 0 Å². The fourth-order valence-electron chi connectivity index (χ4n) is 2.01. The van der Waals surface area contributed by atoms with Crippen molar-refractivity contribution >= 4 is 17.9 Å². The third kappa shape index (κ3) is 4.91. The number of hydrogen-bond acceptors (Lipinski definition) is 5. The van der Waals surface area contributed by atoms with E-state index in [1.165, 1.54) is 30.3 Å². The van der Waals surface area contributed by atoms with E-state index in [9.17, 15) is 25.2 Å². The maximum absolute atomic E-state index is 11.8. The van der Waals surface area contributed by atoms with Gasteiger partial charge >= 0.3 is 0 Å². The van der Waals surface area contributed by atoms with E-state index in [1.807, 2.05) is 6.08 Å². The predicted molar refractivity (Wildman–Crippen MR) is 91.9 cm³/mol. The Balaban J connectivity index is 1.84. The number of carbonyl (C=O) groups excluding carboxylic acids is 1. The Hall–Kier alpha value is -3.21. The fraction of sp³-hybridized carbons (Fsp3) is 0.105.